The predicted octanol–water partition coefficient (Wildman–Crippen LogP) is 2.72. The van der Waals surface area contributed by atoms with Crippen LogP contribution in [0.5, 0.6) is 0 Å². The van der Waals surface area contributed by atoms with Crippen LogP contribution in [0.25, 0.3) is 0 Å². The van der Waals surface area contributed by atoms with Gasteiger partial charge in [-0.1, -0.05) is 35.9 Å². The normalized spacial score (nSPS) is 11.1. The minimum absolute atomic E-state index is 0.160. The quantitative estimate of drug-likeness (QED) is 0.944. The van der Waals surface area contributed by atoms with Gasteiger partial charge in [0, 0.05) is 5.69 Å². The Morgan fingerprint density at radius 1 is 1.00 bits per heavy atom. The Morgan fingerprint density at radius 2 is 1.62 bits per heavy atom. The van der Waals surface area contributed by atoms with E-state index in [1.54, 1.807) is 24.3 Å². The zero-order chi connectivity index (χ0) is 15.5. The molecule has 5 heteroatoms. The monoisotopic (exact) mass is 303 g/mol. The van der Waals surface area contributed by atoms with Crippen LogP contribution in [0.3, 0.4) is 0 Å². The summed E-state index contributed by atoms with van der Waals surface area (Å²) in [6, 6.07) is 13.7. The molecule has 0 radical (unpaired) electrons. The van der Waals surface area contributed by atoms with Crippen molar-refractivity contribution in [3.63, 3.8) is 0 Å². The van der Waals surface area contributed by atoms with Gasteiger partial charge in [-0.15, -0.1) is 0 Å². The van der Waals surface area contributed by atoms with Gasteiger partial charge in [-0.25, -0.2) is 8.42 Å². The molecule has 2 aromatic carbocycles. The lowest BCUT2D eigenvalue weighted by atomic mass is 10.2. The molecular weight excluding hydrogens is 286 g/mol. The average molecular weight is 303 g/mol. The number of anilines is 1. The van der Waals surface area contributed by atoms with Gasteiger partial charge in [0.15, 0.2) is 9.84 Å². The number of carbonyl (C=O) groups excluding carboxylic acids is 1. The Hall–Kier alpha value is -2.14. The Morgan fingerprint density at radius 3 is 2.24 bits per heavy atom. The average Bonchev–Trinajstić information content (AvgIpc) is 2.41. The van der Waals surface area contributed by atoms with Gasteiger partial charge < -0.3 is 5.32 Å². The summed E-state index contributed by atoms with van der Waals surface area (Å²) in [7, 11) is -3.62. The standard InChI is InChI=1S/C16H17NO3S/c1-12-7-9-14(10-8-12)21(19,20)11-16(18)17-15-6-4-3-5-13(15)2/h3-10H,11H2,1-2H3,(H,17,18). The summed E-state index contributed by atoms with van der Waals surface area (Å²) in [6.45, 7) is 3.73. The third-order valence-corrected chi connectivity index (χ3v) is 4.75. The zero-order valence-corrected chi connectivity index (χ0v) is 12.8. The molecule has 21 heavy (non-hydrogen) atoms. The molecule has 0 saturated carbocycles. The topological polar surface area (TPSA) is 63.2 Å². The molecule has 1 amide bonds. The first-order valence-corrected chi connectivity index (χ1v) is 8.18. The summed E-state index contributed by atoms with van der Waals surface area (Å²) < 4.78 is 24.3. The van der Waals surface area contributed by atoms with E-state index in [1.165, 1.54) is 12.1 Å². The third kappa shape index (κ3) is 3.92. The Kier molecular flexibility index (Phi) is 4.43. The number of hydrogen-bond acceptors (Lipinski definition) is 3. The van der Waals surface area contributed by atoms with Crippen molar-refractivity contribution in [3.8, 4) is 0 Å². The van der Waals surface area contributed by atoms with Crippen molar-refractivity contribution in [2.45, 2.75) is 18.7 Å². The van der Waals surface area contributed by atoms with Crippen LogP contribution in [0.4, 0.5) is 5.69 Å². The molecule has 0 aliphatic heterocycles. The van der Waals surface area contributed by atoms with Gasteiger partial charge >= 0.3 is 0 Å². The summed E-state index contributed by atoms with van der Waals surface area (Å²) >= 11 is 0. The largest absolute Gasteiger partial charge is 0.325 e. The van der Waals surface area contributed by atoms with Gasteiger partial charge in [0.05, 0.1) is 4.90 Å². The van der Waals surface area contributed by atoms with Gasteiger partial charge in [-0.05, 0) is 37.6 Å². The van der Waals surface area contributed by atoms with E-state index in [-0.39, 0.29) is 4.90 Å². The van der Waals surface area contributed by atoms with Crippen molar-refractivity contribution >= 4 is 21.4 Å². The third-order valence-electron chi connectivity index (χ3n) is 3.12. The van der Waals surface area contributed by atoms with E-state index >= 15 is 0 Å². The fourth-order valence-electron chi connectivity index (χ4n) is 1.90. The van der Waals surface area contributed by atoms with E-state index in [2.05, 4.69) is 5.32 Å². The van der Waals surface area contributed by atoms with E-state index < -0.39 is 21.5 Å². The molecule has 0 aromatic heterocycles. The first-order valence-electron chi connectivity index (χ1n) is 6.53. The van der Waals surface area contributed by atoms with Gasteiger partial charge in [0.2, 0.25) is 5.91 Å². The highest BCUT2D eigenvalue weighted by molar-refractivity contribution is 7.92. The molecule has 2 rings (SSSR count). The maximum absolute atomic E-state index is 12.2. The van der Waals surface area contributed by atoms with Crippen LogP contribution in [-0.2, 0) is 14.6 Å². The second-order valence-corrected chi connectivity index (χ2v) is 6.92. The minimum atomic E-state index is -3.62. The molecule has 0 unspecified atom stereocenters. The van der Waals surface area contributed by atoms with Crippen LogP contribution >= 0.6 is 0 Å². The molecule has 0 aliphatic rings. The Balaban J connectivity index is 2.12. The number of aryl methyl sites for hydroxylation is 2. The molecule has 110 valence electrons. The number of benzene rings is 2. The minimum Gasteiger partial charge on any atom is -0.325 e. The highest BCUT2D eigenvalue weighted by atomic mass is 32.2. The van der Waals surface area contributed by atoms with Crippen molar-refractivity contribution in [2.24, 2.45) is 0 Å². The lowest BCUT2D eigenvalue weighted by Crippen LogP contribution is -2.23. The fraction of sp³-hybridized carbons (Fsp3) is 0.188. The summed E-state index contributed by atoms with van der Waals surface area (Å²) in [6.07, 6.45) is 0. The molecule has 0 aliphatic carbocycles. The van der Waals surface area contributed by atoms with Crippen LogP contribution in [0.1, 0.15) is 11.1 Å². The van der Waals surface area contributed by atoms with Crippen LogP contribution in [0.2, 0.25) is 0 Å². The van der Waals surface area contributed by atoms with Crippen LogP contribution in [0.15, 0.2) is 53.4 Å². The SMILES string of the molecule is Cc1ccc(S(=O)(=O)CC(=O)Nc2ccccc2C)cc1. The van der Waals surface area contributed by atoms with Gasteiger partial charge in [0.1, 0.15) is 5.75 Å². The van der Waals surface area contributed by atoms with Crippen LogP contribution < -0.4 is 5.32 Å². The molecule has 2 aromatic rings. The van der Waals surface area contributed by atoms with E-state index in [9.17, 15) is 13.2 Å². The molecule has 0 spiro atoms. The Bertz CT molecular complexity index is 749. The number of rotatable bonds is 4. The highest BCUT2D eigenvalue weighted by Gasteiger charge is 2.19. The summed E-state index contributed by atoms with van der Waals surface area (Å²) in [5.74, 6) is -1.10. The summed E-state index contributed by atoms with van der Waals surface area (Å²) in [4.78, 5) is 12.1. The van der Waals surface area contributed by atoms with E-state index in [4.69, 9.17) is 0 Å². The summed E-state index contributed by atoms with van der Waals surface area (Å²) in [5, 5.41) is 2.63. The van der Waals surface area contributed by atoms with Crippen molar-refractivity contribution in [2.75, 3.05) is 11.1 Å². The zero-order valence-electron chi connectivity index (χ0n) is 12.0. The smallest absolute Gasteiger partial charge is 0.239 e. The van der Waals surface area contributed by atoms with Crippen molar-refractivity contribution < 1.29 is 13.2 Å². The molecule has 0 bridgehead atoms. The molecule has 0 fully saturated rings. The van der Waals surface area contributed by atoms with Gasteiger partial charge in [-0.2, -0.15) is 0 Å². The first-order chi connectivity index (χ1) is 9.88. The second-order valence-electron chi connectivity index (χ2n) is 4.94. The maximum atomic E-state index is 12.2. The number of hydrogen-bond donors (Lipinski definition) is 1. The molecular formula is C16H17NO3S. The number of amides is 1. The van der Waals surface area contributed by atoms with Crippen LogP contribution in [0, 0.1) is 13.8 Å². The second kappa shape index (κ2) is 6.10. The molecule has 0 heterocycles. The van der Waals surface area contributed by atoms with Crippen molar-refractivity contribution in [1.29, 1.82) is 0 Å². The van der Waals surface area contributed by atoms with Crippen molar-refractivity contribution in [3.05, 3.63) is 59.7 Å². The Labute approximate surface area is 124 Å². The first kappa shape index (κ1) is 15.3. The predicted molar refractivity (Wildman–Crippen MR) is 83.0 cm³/mol. The van der Waals surface area contributed by atoms with E-state index in [1.807, 2.05) is 26.0 Å². The number of carbonyl (C=O) groups is 1. The van der Waals surface area contributed by atoms with E-state index in [0.717, 1.165) is 11.1 Å². The van der Waals surface area contributed by atoms with E-state index in [0.29, 0.717) is 5.69 Å². The fourth-order valence-corrected chi connectivity index (χ4v) is 3.04. The van der Waals surface area contributed by atoms with Crippen molar-refractivity contribution in [1.82, 2.24) is 0 Å². The number of para-hydroxylation sites is 1. The lowest BCUT2D eigenvalue weighted by Gasteiger charge is -2.09. The molecule has 4 nitrogen and oxygen atoms in total. The van der Waals surface area contributed by atoms with Gasteiger partial charge in [0.25, 0.3) is 0 Å². The number of sulfone groups is 1. The molecule has 1 N–H and O–H groups in total. The molecule has 0 saturated heterocycles. The van der Waals surface area contributed by atoms with Crippen LogP contribution in [-0.4, -0.2) is 20.1 Å². The number of nitrogens with one attached hydrogen (secondary N) is 1. The highest BCUT2D eigenvalue weighted by Crippen LogP contribution is 2.15. The maximum Gasteiger partial charge on any atom is 0.239 e. The summed E-state index contributed by atoms with van der Waals surface area (Å²) in [5.41, 5.74) is 2.48. The van der Waals surface area contributed by atoms with Gasteiger partial charge in [-0.3, -0.25) is 4.79 Å². The molecule has 0 atom stereocenters. The lowest BCUT2D eigenvalue weighted by molar-refractivity contribution is -0.113.